The third kappa shape index (κ3) is 6.21. The molecule has 7 aromatic heterocycles. The monoisotopic (exact) mass is 636 g/mol. The van der Waals surface area contributed by atoms with Crippen molar-refractivity contribution in [3.63, 3.8) is 0 Å². The SMILES string of the molecule is Clc1cc(Nc2ncnc3cc(-c4ccco4)[nH]c23)ccc1OCc1ccccn1.Clc1ncnc2cc(-c3ccco3)[nH]c12. The molecular weight excluding hydrogens is 615 g/mol. The number of fused-ring (bicyclic) bond motifs is 2. The summed E-state index contributed by atoms with van der Waals surface area (Å²) < 4.78 is 16.5. The van der Waals surface area contributed by atoms with Crippen LogP contribution in [0.5, 0.6) is 5.75 Å². The lowest BCUT2D eigenvalue weighted by Crippen LogP contribution is -1.99. The van der Waals surface area contributed by atoms with Gasteiger partial charge in [-0.05, 0) is 66.7 Å². The van der Waals surface area contributed by atoms with Gasteiger partial charge in [0.15, 0.2) is 11.0 Å². The highest BCUT2D eigenvalue weighted by Gasteiger charge is 2.13. The Kier molecular flexibility index (Phi) is 7.83. The highest BCUT2D eigenvalue weighted by atomic mass is 35.5. The summed E-state index contributed by atoms with van der Waals surface area (Å²) in [7, 11) is 0. The molecule has 0 aliphatic rings. The van der Waals surface area contributed by atoms with Crippen molar-refractivity contribution < 1.29 is 13.6 Å². The Morgan fingerprint density at radius 1 is 0.711 bits per heavy atom. The predicted molar refractivity (Wildman–Crippen MR) is 171 cm³/mol. The zero-order valence-electron chi connectivity index (χ0n) is 23.2. The van der Waals surface area contributed by atoms with Gasteiger partial charge in [0.25, 0.3) is 0 Å². The average Bonchev–Trinajstić information content (AvgIpc) is 3.88. The summed E-state index contributed by atoms with van der Waals surface area (Å²) in [6.07, 6.45) is 7.92. The van der Waals surface area contributed by atoms with Crippen LogP contribution in [0, 0.1) is 0 Å². The molecule has 8 aromatic rings. The topological polar surface area (TPSA) is 144 Å². The lowest BCUT2D eigenvalue weighted by Gasteiger charge is -2.11. The van der Waals surface area contributed by atoms with Gasteiger partial charge in [0, 0.05) is 11.9 Å². The summed E-state index contributed by atoms with van der Waals surface area (Å²) in [6, 6.07) is 22.4. The van der Waals surface area contributed by atoms with Gasteiger partial charge in [-0.3, -0.25) is 4.98 Å². The van der Waals surface area contributed by atoms with E-state index in [-0.39, 0.29) is 0 Å². The Hall–Kier alpha value is -5.65. The number of ether oxygens (including phenoxy) is 1. The number of pyridine rings is 1. The number of nitrogens with zero attached hydrogens (tertiary/aromatic N) is 5. The van der Waals surface area contributed by atoms with Gasteiger partial charge < -0.3 is 28.9 Å². The van der Waals surface area contributed by atoms with Crippen LogP contribution >= 0.6 is 23.2 Å². The third-order valence-electron chi connectivity index (χ3n) is 6.66. The van der Waals surface area contributed by atoms with E-state index in [1.165, 1.54) is 12.7 Å². The van der Waals surface area contributed by atoms with Crippen molar-refractivity contribution in [2.45, 2.75) is 6.61 Å². The molecule has 0 bridgehead atoms. The minimum absolute atomic E-state index is 0.345. The van der Waals surface area contributed by atoms with Crippen molar-refractivity contribution in [1.29, 1.82) is 0 Å². The summed E-state index contributed by atoms with van der Waals surface area (Å²) in [4.78, 5) is 27.3. The number of anilines is 2. The van der Waals surface area contributed by atoms with E-state index in [1.54, 1.807) is 24.8 Å². The molecule has 3 N–H and O–H groups in total. The fourth-order valence-corrected chi connectivity index (χ4v) is 4.96. The van der Waals surface area contributed by atoms with Crippen LogP contribution in [0.25, 0.3) is 45.0 Å². The van der Waals surface area contributed by atoms with E-state index in [1.807, 2.05) is 66.7 Å². The van der Waals surface area contributed by atoms with Crippen molar-refractivity contribution >= 4 is 56.8 Å². The minimum Gasteiger partial charge on any atom is -0.486 e. The number of H-pyrrole nitrogens is 2. The number of benzene rings is 1. The number of aromatic amines is 2. The number of hydrogen-bond acceptors (Lipinski definition) is 9. The standard InChI is InChI=1S/C22H16ClN5O2.C10H6ClN3O/c23-16-10-14(6-7-19(16)30-12-15-4-1-2-8-24-15)27-22-21-18(25-13-26-22)11-17(28-21)20-5-3-9-29-20;11-10-9-7(12-5-13-10)4-6(14-9)8-2-1-3-15-8/h1-11,13,28H,12H2,(H,25,26,27);1-5,14H. The van der Waals surface area contributed by atoms with Gasteiger partial charge in [-0.1, -0.05) is 29.3 Å². The Morgan fingerprint density at radius 3 is 2.07 bits per heavy atom. The number of nitrogens with one attached hydrogen (secondary N) is 3. The van der Waals surface area contributed by atoms with Crippen molar-refractivity contribution in [2.75, 3.05) is 5.32 Å². The maximum absolute atomic E-state index is 6.41. The van der Waals surface area contributed by atoms with Crippen molar-refractivity contribution in [2.24, 2.45) is 0 Å². The van der Waals surface area contributed by atoms with Crippen LogP contribution in [0.2, 0.25) is 10.2 Å². The largest absolute Gasteiger partial charge is 0.486 e. The molecule has 0 saturated carbocycles. The Balaban J connectivity index is 0.000000181. The lowest BCUT2D eigenvalue weighted by atomic mass is 10.3. The summed E-state index contributed by atoms with van der Waals surface area (Å²) in [5, 5.41) is 4.19. The second-order valence-corrected chi connectivity index (χ2v) is 10.4. The van der Waals surface area contributed by atoms with Gasteiger partial charge in [0.1, 0.15) is 47.6 Å². The Labute approximate surface area is 265 Å². The van der Waals surface area contributed by atoms with E-state index in [9.17, 15) is 0 Å². The first-order valence-corrected chi connectivity index (χ1v) is 14.4. The van der Waals surface area contributed by atoms with Crippen LogP contribution in [0.3, 0.4) is 0 Å². The number of hydrogen-bond donors (Lipinski definition) is 3. The molecule has 11 nitrogen and oxygen atoms in total. The minimum atomic E-state index is 0.345. The fraction of sp³-hybridized carbons (Fsp3) is 0.0312. The molecule has 0 unspecified atom stereocenters. The molecule has 45 heavy (non-hydrogen) atoms. The average molecular weight is 637 g/mol. The van der Waals surface area contributed by atoms with E-state index in [0.717, 1.165) is 56.4 Å². The summed E-state index contributed by atoms with van der Waals surface area (Å²) >= 11 is 12.3. The van der Waals surface area contributed by atoms with Crippen LogP contribution < -0.4 is 10.1 Å². The van der Waals surface area contributed by atoms with Gasteiger partial charge in [0.05, 0.1) is 45.7 Å². The molecule has 0 amide bonds. The van der Waals surface area contributed by atoms with Crippen LogP contribution in [0.4, 0.5) is 11.5 Å². The molecule has 0 aliphatic heterocycles. The number of aromatic nitrogens is 7. The smallest absolute Gasteiger partial charge is 0.158 e. The zero-order chi connectivity index (χ0) is 30.6. The van der Waals surface area contributed by atoms with Crippen LogP contribution in [-0.4, -0.2) is 34.9 Å². The molecule has 1 aromatic carbocycles. The molecular formula is C32H22Cl2N8O3. The van der Waals surface area contributed by atoms with Crippen LogP contribution in [0.15, 0.2) is 113 Å². The predicted octanol–water partition coefficient (Wildman–Crippen LogP) is 8.46. The normalized spacial score (nSPS) is 11.0. The lowest BCUT2D eigenvalue weighted by molar-refractivity contribution is 0.301. The highest BCUT2D eigenvalue weighted by Crippen LogP contribution is 2.32. The molecule has 0 saturated heterocycles. The van der Waals surface area contributed by atoms with E-state index in [2.05, 4.69) is 40.2 Å². The van der Waals surface area contributed by atoms with Gasteiger partial charge >= 0.3 is 0 Å². The molecule has 0 aliphatic carbocycles. The van der Waals surface area contributed by atoms with E-state index in [4.69, 9.17) is 36.8 Å². The second-order valence-electron chi connectivity index (χ2n) is 9.61. The zero-order valence-corrected chi connectivity index (χ0v) is 24.8. The maximum atomic E-state index is 6.41. The third-order valence-corrected chi connectivity index (χ3v) is 7.24. The maximum Gasteiger partial charge on any atom is 0.158 e. The fourth-order valence-electron chi connectivity index (χ4n) is 4.54. The Morgan fingerprint density at radius 2 is 1.42 bits per heavy atom. The molecule has 8 rings (SSSR count). The van der Waals surface area contributed by atoms with Gasteiger partial charge in [0.2, 0.25) is 0 Å². The van der Waals surface area contributed by atoms with Crippen molar-refractivity contribution in [3.05, 3.63) is 120 Å². The highest BCUT2D eigenvalue weighted by molar-refractivity contribution is 6.33. The first-order chi connectivity index (χ1) is 22.1. The van der Waals surface area contributed by atoms with Gasteiger partial charge in [-0.15, -0.1) is 0 Å². The van der Waals surface area contributed by atoms with E-state index in [0.29, 0.717) is 28.3 Å². The van der Waals surface area contributed by atoms with Crippen LogP contribution in [0.1, 0.15) is 5.69 Å². The van der Waals surface area contributed by atoms with Crippen LogP contribution in [-0.2, 0) is 6.61 Å². The summed E-state index contributed by atoms with van der Waals surface area (Å²) in [5.41, 5.74) is 6.34. The number of halogens is 2. The van der Waals surface area contributed by atoms with E-state index < -0.39 is 0 Å². The number of furan rings is 2. The summed E-state index contributed by atoms with van der Waals surface area (Å²) in [5.74, 6) is 2.71. The molecule has 13 heteroatoms. The summed E-state index contributed by atoms with van der Waals surface area (Å²) in [6.45, 7) is 0.345. The quantitative estimate of drug-likeness (QED) is 0.147. The Bertz CT molecular complexity index is 2180. The molecule has 222 valence electrons. The molecule has 0 atom stereocenters. The van der Waals surface area contributed by atoms with Gasteiger partial charge in [-0.2, -0.15) is 0 Å². The first-order valence-electron chi connectivity index (χ1n) is 13.6. The molecule has 0 fully saturated rings. The van der Waals surface area contributed by atoms with Crippen molar-refractivity contribution in [3.8, 4) is 28.7 Å². The molecule has 7 heterocycles. The second kappa shape index (κ2) is 12.5. The molecule has 0 radical (unpaired) electrons. The first kappa shape index (κ1) is 28.1. The number of rotatable bonds is 7. The van der Waals surface area contributed by atoms with E-state index >= 15 is 0 Å². The van der Waals surface area contributed by atoms with Gasteiger partial charge in [-0.25, -0.2) is 19.9 Å². The van der Waals surface area contributed by atoms with Crippen molar-refractivity contribution in [1.82, 2.24) is 34.9 Å². The molecule has 0 spiro atoms.